The summed E-state index contributed by atoms with van der Waals surface area (Å²) in [7, 11) is 6.05. The molecule has 0 radical (unpaired) electrons. The van der Waals surface area contributed by atoms with E-state index in [1.165, 1.54) is 0 Å². The summed E-state index contributed by atoms with van der Waals surface area (Å²) in [6.45, 7) is 3.25. The SMILES string of the molecule is CNCc1occc1COCCCN(C)C. The quantitative estimate of drug-likeness (QED) is 0.681. The third-order valence-electron chi connectivity index (χ3n) is 2.33. The van der Waals surface area contributed by atoms with Crippen LogP contribution in [0.3, 0.4) is 0 Å². The summed E-state index contributed by atoms with van der Waals surface area (Å²) >= 11 is 0. The molecule has 0 aromatic carbocycles. The van der Waals surface area contributed by atoms with Gasteiger partial charge >= 0.3 is 0 Å². The van der Waals surface area contributed by atoms with E-state index in [0.717, 1.165) is 37.4 Å². The summed E-state index contributed by atoms with van der Waals surface area (Å²) in [4.78, 5) is 2.16. The summed E-state index contributed by atoms with van der Waals surface area (Å²) in [5.41, 5.74) is 1.14. The van der Waals surface area contributed by atoms with Crippen LogP contribution >= 0.6 is 0 Å². The molecule has 1 rings (SSSR count). The zero-order chi connectivity index (χ0) is 11.8. The van der Waals surface area contributed by atoms with Crippen LogP contribution in [0.25, 0.3) is 0 Å². The van der Waals surface area contributed by atoms with E-state index in [4.69, 9.17) is 9.15 Å². The van der Waals surface area contributed by atoms with Crippen molar-refractivity contribution in [3.63, 3.8) is 0 Å². The molecule has 16 heavy (non-hydrogen) atoms. The Morgan fingerprint density at radius 3 is 2.94 bits per heavy atom. The lowest BCUT2D eigenvalue weighted by Gasteiger charge is -2.09. The number of hydrogen-bond donors (Lipinski definition) is 1. The first kappa shape index (κ1) is 13.2. The van der Waals surface area contributed by atoms with Crippen LogP contribution in [0.4, 0.5) is 0 Å². The van der Waals surface area contributed by atoms with Crippen molar-refractivity contribution in [2.45, 2.75) is 19.6 Å². The Kier molecular flexibility index (Phi) is 6.15. The van der Waals surface area contributed by atoms with Gasteiger partial charge in [-0.15, -0.1) is 0 Å². The fraction of sp³-hybridized carbons (Fsp3) is 0.667. The minimum atomic E-state index is 0.640. The lowest BCUT2D eigenvalue weighted by Crippen LogP contribution is -2.15. The van der Waals surface area contributed by atoms with E-state index in [1.54, 1.807) is 6.26 Å². The fourth-order valence-electron chi connectivity index (χ4n) is 1.48. The predicted octanol–water partition coefficient (Wildman–Crippen LogP) is 1.47. The molecule has 4 heteroatoms. The van der Waals surface area contributed by atoms with E-state index in [9.17, 15) is 0 Å². The summed E-state index contributed by atoms with van der Waals surface area (Å²) < 4.78 is 11.0. The van der Waals surface area contributed by atoms with Gasteiger partial charge in [0.2, 0.25) is 0 Å². The van der Waals surface area contributed by atoms with Crippen molar-refractivity contribution < 1.29 is 9.15 Å². The number of ether oxygens (including phenoxy) is 1. The fourth-order valence-corrected chi connectivity index (χ4v) is 1.48. The van der Waals surface area contributed by atoms with Crippen molar-refractivity contribution in [1.29, 1.82) is 0 Å². The topological polar surface area (TPSA) is 37.6 Å². The first-order valence-electron chi connectivity index (χ1n) is 5.66. The van der Waals surface area contributed by atoms with Gasteiger partial charge in [0.05, 0.1) is 19.4 Å². The third-order valence-corrected chi connectivity index (χ3v) is 2.33. The zero-order valence-electron chi connectivity index (χ0n) is 10.5. The summed E-state index contributed by atoms with van der Waals surface area (Å²) in [6.07, 6.45) is 2.78. The van der Waals surface area contributed by atoms with Gasteiger partial charge in [-0.3, -0.25) is 0 Å². The van der Waals surface area contributed by atoms with Gasteiger partial charge in [-0.05, 0) is 40.2 Å². The van der Waals surface area contributed by atoms with Crippen molar-refractivity contribution in [2.24, 2.45) is 0 Å². The van der Waals surface area contributed by atoms with E-state index < -0.39 is 0 Å². The molecule has 0 saturated carbocycles. The number of nitrogens with zero attached hydrogens (tertiary/aromatic N) is 1. The highest BCUT2D eigenvalue weighted by molar-refractivity contribution is 5.15. The Hall–Kier alpha value is -0.840. The van der Waals surface area contributed by atoms with Crippen LogP contribution in [0.15, 0.2) is 16.7 Å². The van der Waals surface area contributed by atoms with Crippen LogP contribution in [0.1, 0.15) is 17.7 Å². The first-order valence-corrected chi connectivity index (χ1v) is 5.66. The second kappa shape index (κ2) is 7.44. The molecule has 0 aliphatic rings. The van der Waals surface area contributed by atoms with Gasteiger partial charge < -0.3 is 19.4 Å². The van der Waals surface area contributed by atoms with Gasteiger partial charge in [0.25, 0.3) is 0 Å². The Morgan fingerprint density at radius 2 is 2.25 bits per heavy atom. The van der Waals surface area contributed by atoms with Gasteiger partial charge in [-0.25, -0.2) is 0 Å². The van der Waals surface area contributed by atoms with E-state index in [1.807, 2.05) is 13.1 Å². The van der Waals surface area contributed by atoms with E-state index in [0.29, 0.717) is 6.61 Å². The Bertz CT molecular complexity index is 284. The molecule has 1 aromatic rings. The lowest BCUT2D eigenvalue weighted by atomic mass is 10.2. The minimum Gasteiger partial charge on any atom is -0.468 e. The zero-order valence-corrected chi connectivity index (χ0v) is 10.5. The molecule has 0 atom stereocenters. The Labute approximate surface area is 97.6 Å². The van der Waals surface area contributed by atoms with E-state index >= 15 is 0 Å². The summed E-state index contributed by atoms with van der Waals surface area (Å²) in [5, 5.41) is 3.07. The average Bonchev–Trinajstić information content (AvgIpc) is 2.65. The Balaban J connectivity index is 2.18. The molecule has 1 aromatic heterocycles. The van der Waals surface area contributed by atoms with Crippen LogP contribution in [-0.2, 0) is 17.9 Å². The molecule has 1 N–H and O–H groups in total. The molecule has 0 amide bonds. The van der Waals surface area contributed by atoms with Crippen molar-refractivity contribution in [3.05, 3.63) is 23.7 Å². The molecule has 0 spiro atoms. The number of hydrogen-bond acceptors (Lipinski definition) is 4. The molecular weight excluding hydrogens is 204 g/mol. The first-order chi connectivity index (χ1) is 7.74. The van der Waals surface area contributed by atoms with Crippen LogP contribution in [0, 0.1) is 0 Å². The predicted molar refractivity (Wildman–Crippen MR) is 64.3 cm³/mol. The number of nitrogens with one attached hydrogen (secondary N) is 1. The molecular formula is C12H22N2O2. The highest BCUT2D eigenvalue weighted by Crippen LogP contribution is 2.11. The molecule has 0 saturated heterocycles. The molecule has 0 aliphatic carbocycles. The average molecular weight is 226 g/mol. The van der Waals surface area contributed by atoms with E-state index in [-0.39, 0.29) is 0 Å². The second-order valence-electron chi connectivity index (χ2n) is 4.11. The van der Waals surface area contributed by atoms with Crippen LogP contribution in [-0.4, -0.2) is 39.2 Å². The largest absolute Gasteiger partial charge is 0.468 e. The van der Waals surface area contributed by atoms with Crippen molar-refractivity contribution in [1.82, 2.24) is 10.2 Å². The van der Waals surface area contributed by atoms with Gasteiger partial charge in [-0.2, -0.15) is 0 Å². The Morgan fingerprint density at radius 1 is 1.44 bits per heavy atom. The van der Waals surface area contributed by atoms with Crippen molar-refractivity contribution in [2.75, 3.05) is 34.3 Å². The minimum absolute atomic E-state index is 0.640. The summed E-state index contributed by atoms with van der Waals surface area (Å²) in [6, 6.07) is 1.97. The monoisotopic (exact) mass is 226 g/mol. The van der Waals surface area contributed by atoms with Crippen LogP contribution in [0.5, 0.6) is 0 Å². The summed E-state index contributed by atoms with van der Waals surface area (Å²) in [5.74, 6) is 0.968. The van der Waals surface area contributed by atoms with Crippen molar-refractivity contribution >= 4 is 0 Å². The van der Waals surface area contributed by atoms with Crippen molar-refractivity contribution in [3.8, 4) is 0 Å². The van der Waals surface area contributed by atoms with Gasteiger partial charge in [0, 0.05) is 12.2 Å². The maximum Gasteiger partial charge on any atom is 0.123 e. The molecule has 0 unspecified atom stereocenters. The highest BCUT2D eigenvalue weighted by Gasteiger charge is 2.04. The third kappa shape index (κ3) is 4.79. The van der Waals surface area contributed by atoms with Gasteiger partial charge in [-0.1, -0.05) is 0 Å². The second-order valence-corrected chi connectivity index (χ2v) is 4.11. The lowest BCUT2D eigenvalue weighted by molar-refractivity contribution is 0.112. The molecule has 4 nitrogen and oxygen atoms in total. The maximum atomic E-state index is 5.60. The maximum absolute atomic E-state index is 5.60. The number of furan rings is 1. The molecule has 92 valence electrons. The molecule has 0 aliphatic heterocycles. The molecule has 0 fully saturated rings. The van der Waals surface area contributed by atoms with Crippen LogP contribution in [0.2, 0.25) is 0 Å². The molecule has 1 heterocycles. The standard InChI is InChI=1S/C12H22N2O2/c1-13-9-12-11(5-8-16-12)10-15-7-4-6-14(2)3/h5,8,13H,4,6-7,9-10H2,1-3H3. The molecule has 0 bridgehead atoms. The van der Waals surface area contributed by atoms with E-state index in [2.05, 4.69) is 24.3 Å². The van der Waals surface area contributed by atoms with Gasteiger partial charge in [0.15, 0.2) is 0 Å². The smallest absolute Gasteiger partial charge is 0.123 e. The van der Waals surface area contributed by atoms with Gasteiger partial charge in [0.1, 0.15) is 5.76 Å². The van der Waals surface area contributed by atoms with Crippen LogP contribution < -0.4 is 5.32 Å². The highest BCUT2D eigenvalue weighted by atomic mass is 16.5. The normalized spacial score (nSPS) is 11.2. The number of rotatable bonds is 8.